The van der Waals surface area contributed by atoms with Gasteiger partial charge in [-0.05, 0) is 50.2 Å². The molecule has 0 aliphatic carbocycles. The highest BCUT2D eigenvalue weighted by Crippen LogP contribution is 2.24. The Morgan fingerprint density at radius 3 is 2.15 bits per heavy atom. The number of ether oxygens (including phenoxy) is 1. The summed E-state index contributed by atoms with van der Waals surface area (Å²) in [7, 11) is 1.37. The molecule has 0 aromatic heterocycles. The first kappa shape index (κ1) is 24.8. The van der Waals surface area contributed by atoms with Crippen molar-refractivity contribution in [2.75, 3.05) is 63.1 Å². The molecule has 1 N–H and O–H groups in total. The Morgan fingerprint density at radius 2 is 1.61 bits per heavy atom. The third kappa shape index (κ3) is 6.83. The molecule has 0 spiro atoms. The van der Waals surface area contributed by atoms with Gasteiger partial charge < -0.3 is 24.8 Å². The fourth-order valence-corrected chi connectivity index (χ4v) is 4.12. The van der Waals surface area contributed by atoms with E-state index in [1.807, 2.05) is 17.0 Å². The van der Waals surface area contributed by atoms with Crippen molar-refractivity contribution in [3.8, 4) is 0 Å². The first-order valence-electron chi connectivity index (χ1n) is 11.0. The van der Waals surface area contributed by atoms with Crippen molar-refractivity contribution < 1.29 is 32.3 Å². The van der Waals surface area contributed by atoms with Gasteiger partial charge in [-0.1, -0.05) is 0 Å². The van der Waals surface area contributed by atoms with E-state index in [4.69, 9.17) is 0 Å². The Bertz CT molecular complexity index is 831. The molecule has 2 heterocycles. The molecule has 2 aliphatic heterocycles. The van der Waals surface area contributed by atoms with E-state index in [0.717, 1.165) is 23.7 Å². The summed E-state index contributed by atoms with van der Waals surface area (Å²) in [6, 6.07) is 7.16. The molecule has 2 amide bonds. The van der Waals surface area contributed by atoms with Crippen LogP contribution in [0.25, 0.3) is 0 Å². The number of nitrogens with one attached hydrogen (secondary N) is 1. The van der Waals surface area contributed by atoms with Crippen molar-refractivity contribution in [1.82, 2.24) is 9.80 Å². The summed E-state index contributed by atoms with van der Waals surface area (Å²) in [5, 5.41) is 2.93. The Morgan fingerprint density at radius 1 is 1.00 bits per heavy atom. The van der Waals surface area contributed by atoms with Crippen LogP contribution < -0.4 is 10.2 Å². The zero-order valence-electron chi connectivity index (χ0n) is 18.6. The molecule has 0 saturated carbocycles. The number of piperazine rings is 1. The fourth-order valence-electron chi connectivity index (χ4n) is 4.12. The summed E-state index contributed by atoms with van der Waals surface area (Å²) >= 11 is 0. The number of piperidine rings is 1. The smallest absolute Gasteiger partial charge is 0.469 e. The number of carbonyl (C=O) groups is 3. The number of hydrogen-bond acceptors (Lipinski definition) is 6. The average Bonchev–Trinajstić information content (AvgIpc) is 2.82. The zero-order chi connectivity index (χ0) is 24.0. The van der Waals surface area contributed by atoms with Crippen molar-refractivity contribution in [1.29, 1.82) is 0 Å². The Labute approximate surface area is 190 Å². The molecule has 0 radical (unpaired) electrons. The normalized spacial score (nSPS) is 18.2. The summed E-state index contributed by atoms with van der Waals surface area (Å²) in [5.41, 5.74) is 1.48. The molecule has 2 fully saturated rings. The minimum Gasteiger partial charge on any atom is -0.469 e. The molecule has 2 aliphatic rings. The monoisotopic (exact) mass is 470 g/mol. The van der Waals surface area contributed by atoms with E-state index in [9.17, 15) is 27.6 Å². The fraction of sp³-hybridized carbons (Fsp3) is 0.591. The van der Waals surface area contributed by atoms with E-state index in [0.29, 0.717) is 44.6 Å². The number of amides is 2. The summed E-state index contributed by atoms with van der Waals surface area (Å²) in [6.07, 6.45) is -3.08. The van der Waals surface area contributed by atoms with Crippen molar-refractivity contribution in [3.05, 3.63) is 24.3 Å². The third-order valence-electron chi connectivity index (χ3n) is 6.13. The number of rotatable bonds is 6. The quantitative estimate of drug-likeness (QED) is 0.642. The minimum absolute atomic E-state index is 0.00908. The number of halogens is 3. The Kier molecular flexibility index (Phi) is 8.17. The Hall–Kier alpha value is -2.82. The van der Waals surface area contributed by atoms with Crippen LogP contribution in [0.5, 0.6) is 0 Å². The first-order valence-corrected chi connectivity index (χ1v) is 11.0. The van der Waals surface area contributed by atoms with E-state index in [1.165, 1.54) is 7.11 Å². The van der Waals surface area contributed by atoms with E-state index >= 15 is 0 Å². The molecule has 8 nitrogen and oxygen atoms in total. The number of esters is 1. The zero-order valence-corrected chi connectivity index (χ0v) is 18.6. The van der Waals surface area contributed by atoms with Gasteiger partial charge in [0.1, 0.15) is 0 Å². The molecule has 33 heavy (non-hydrogen) atoms. The summed E-state index contributed by atoms with van der Waals surface area (Å²) in [4.78, 5) is 40.1. The number of likely N-dealkylation sites (tertiary alicyclic amines) is 1. The lowest BCUT2D eigenvalue weighted by molar-refractivity contribution is -0.185. The number of methoxy groups -OCH3 is 1. The van der Waals surface area contributed by atoms with Gasteiger partial charge in [0.15, 0.2) is 0 Å². The van der Waals surface area contributed by atoms with Gasteiger partial charge in [-0.25, -0.2) is 0 Å². The molecule has 3 rings (SSSR count). The Balaban J connectivity index is 1.43. The molecule has 2 saturated heterocycles. The molecule has 0 unspecified atom stereocenters. The lowest BCUT2D eigenvalue weighted by Crippen LogP contribution is -2.52. The van der Waals surface area contributed by atoms with Gasteiger partial charge in [0.05, 0.1) is 13.5 Å². The van der Waals surface area contributed by atoms with Gasteiger partial charge in [0.25, 0.3) is 0 Å². The molecule has 0 atom stereocenters. The van der Waals surface area contributed by atoms with Crippen LogP contribution >= 0.6 is 0 Å². The SMILES string of the molecule is COC(=O)CCN1CCC(C(=O)Nc2ccc(N3CCN(C(=O)C(F)(F)F)CC3)cc2)CC1. The topological polar surface area (TPSA) is 82.2 Å². The number of benzene rings is 1. The maximum Gasteiger partial charge on any atom is 0.471 e. The van der Waals surface area contributed by atoms with Crippen LogP contribution in [0.15, 0.2) is 24.3 Å². The van der Waals surface area contributed by atoms with E-state index in [1.54, 1.807) is 12.1 Å². The number of anilines is 2. The average molecular weight is 470 g/mol. The van der Waals surface area contributed by atoms with Gasteiger partial charge in [0, 0.05) is 50.0 Å². The van der Waals surface area contributed by atoms with Gasteiger partial charge in [0.2, 0.25) is 5.91 Å². The lowest BCUT2D eigenvalue weighted by atomic mass is 9.95. The van der Waals surface area contributed by atoms with Gasteiger partial charge in [-0.15, -0.1) is 0 Å². The highest BCUT2D eigenvalue weighted by atomic mass is 19.4. The van der Waals surface area contributed by atoms with E-state index < -0.39 is 12.1 Å². The molecule has 11 heteroatoms. The van der Waals surface area contributed by atoms with Gasteiger partial charge in [-0.3, -0.25) is 14.4 Å². The number of nitrogens with zero attached hydrogens (tertiary/aromatic N) is 3. The molecule has 1 aromatic rings. The van der Waals surface area contributed by atoms with Gasteiger partial charge >= 0.3 is 18.1 Å². The minimum atomic E-state index is -4.85. The predicted octanol–water partition coefficient (Wildman–Crippen LogP) is 2.11. The van der Waals surface area contributed by atoms with Crippen LogP contribution in [0.2, 0.25) is 0 Å². The van der Waals surface area contributed by atoms with E-state index in [2.05, 4.69) is 15.0 Å². The molecular weight excluding hydrogens is 441 g/mol. The number of hydrogen-bond donors (Lipinski definition) is 1. The first-order chi connectivity index (χ1) is 15.7. The van der Waals surface area contributed by atoms with Crippen molar-refractivity contribution in [3.63, 3.8) is 0 Å². The largest absolute Gasteiger partial charge is 0.471 e. The van der Waals surface area contributed by atoms with Crippen LogP contribution in [0.1, 0.15) is 19.3 Å². The second kappa shape index (κ2) is 10.9. The predicted molar refractivity (Wildman–Crippen MR) is 116 cm³/mol. The molecule has 1 aromatic carbocycles. The summed E-state index contributed by atoms with van der Waals surface area (Å²) < 4.78 is 42.4. The molecule has 182 valence electrons. The standard InChI is InChI=1S/C22H29F3N4O4/c1-33-19(30)8-11-27-9-6-16(7-10-27)20(31)26-17-2-4-18(5-3-17)28-12-14-29(15-13-28)21(32)22(23,24)25/h2-5,16H,6-15H2,1H3,(H,26,31). The second-order valence-electron chi connectivity index (χ2n) is 8.26. The van der Waals surface area contributed by atoms with E-state index in [-0.39, 0.29) is 30.9 Å². The highest BCUT2D eigenvalue weighted by molar-refractivity contribution is 5.92. The van der Waals surface area contributed by atoms with Crippen LogP contribution in [0.4, 0.5) is 24.5 Å². The molecule has 0 bridgehead atoms. The van der Waals surface area contributed by atoms with Crippen LogP contribution in [0.3, 0.4) is 0 Å². The second-order valence-corrected chi connectivity index (χ2v) is 8.26. The molecular formula is C22H29F3N4O4. The highest BCUT2D eigenvalue weighted by Gasteiger charge is 2.43. The van der Waals surface area contributed by atoms with Crippen molar-refractivity contribution >= 4 is 29.2 Å². The number of alkyl halides is 3. The summed E-state index contributed by atoms with van der Waals surface area (Å²) in [6.45, 7) is 2.75. The van der Waals surface area contributed by atoms with Crippen LogP contribution in [-0.2, 0) is 19.1 Å². The lowest BCUT2D eigenvalue weighted by Gasteiger charge is -2.36. The number of carbonyl (C=O) groups excluding carboxylic acids is 3. The van der Waals surface area contributed by atoms with Crippen LogP contribution in [0, 0.1) is 5.92 Å². The van der Waals surface area contributed by atoms with Crippen LogP contribution in [-0.4, -0.2) is 86.7 Å². The van der Waals surface area contributed by atoms with Crippen molar-refractivity contribution in [2.45, 2.75) is 25.4 Å². The maximum absolute atomic E-state index is 12.6. The van der Waals surface area contributed by atoms with Crippen molar-refractivity contribution in [2.24, 2.45) is 5.92 Å². The third-order valence-corrected chi connectivity index (χ3v) is 6.13. The van der Waals surface area contributed by atoms with Gasteiger partial charge in [-0.2, -0.15) is 13.2 Å². The summed E-state index contributed by atoms with van der Waals surface area (Å²) in [5.74, 6) is -2.18. The maximum atomic E-state index is 12.6.